The highest BCUT2D eigenvalue weighted by Gasteiger charge is 2.22. The molecule has 0 atom stereocenters. The summed E-state index contributed by atoms with van der Waals surface area (Å²) in [6.45, 7) is 4.27. The van der Waals surface area contributed by atoms with Crippen LogP contribution in [0.25, 0.3) is 0 Å². The maximum atomic E-state index is 12.0. The number of hydrogen-bond acceptors (Lipinski definition) is 5. The van der Waals surface area contributed by atoms with E-state index in [1.54, 1.807) is 18.5 Å². The molecule has 7 heteroatoms. The molecule has 1 saturated heterocycles. The summed E-state index contributed by atoms with van der Waals surface area (Å²) in [7, 11) is 0. The standard InChI is InChI=1S/C20H25N5O2/c1-2-15-4-6-17(7-5-15)24-19(27)18(26)23-14-16-8-12-25(13-9-16)20-21-10-3-11-22-20/h3-7,10-11,16H,2,8-9,12-14H2,1H3,(H,23,26)(H,24,27). The van der Waals surface area contributed by atoms with E-state index in [1.807, 2.05) is 24.3 Å². The Hall–Kier alpha value is -2.96. The molecule has 0 spiro atoms. The average Bonchev–Trinajstić information content (AvgIpc) is 2.73. The first kappa shape index (κ1) is 18.8. The van der Waals surface area contributed by atoms with Gasteiger partial charge in [-0.2, -0.15) is 0 Å². The van der Waals surface area contributed by atoms with Crippen LogP contribution in [-0.2, 0) is 16.0 Å². The fourth-order valence-corrected chi connectivity index (χ4v) is 3.12. The molecule has 1 aromatic heterocycles. The van der Waals surface area contributed by atoms with Gasteiger partial charge in [0.25, 0.3) is 0 Å². The van der Waals surface area contributed by atoms with Gasteiger partial charge < -0.3 is 15.5 Å². The highest BCUT2D eigenvalue weighted by Crippen LogP contribution is 2.19. The third kappa shape index (κ3) is 5.26. The number of nitrogens with one attached hydrogen (secondary N) is 2. The summed E-state index contributed by atoms with van der Waals surface area (Å²) in [6.07, 6.45) is 6.27. The Kier molecular flexibility index (Phi) is 6.35. The van der Waals surface area contributed by atoms with Crippen LogP contribution in [0.1, 0.15) is 25.3 Å². The van der Waals surface area contributed by atoms with E-state index in [1.165, 1.54) is 5.56 Å². The molecule has 0 aliphatic carbocycles. The fraction of sp³-hybridized carbons (Fsp3) is 0.400. The molecule has 2 N–H and O–H groups in total. The van der Waals surface area contributed by atoms with Crippen LogP contribution in [0.15, 0.2) is 42.7 Å². The predicted octanol–water partition coefficient (Wildman–Crippen LogP) is 2.01. The van der Waals surface area contributed by atoms with Gasteiger partial charge in [-0.25, -0.2) is 9.97 Å². The number of nitrogens with zero attached hydrogens (tertiary/aromatic N) is 3. The van der Waals surface area contributed by atoms with E-state index in [0.29, 0.717) is 18.2 Å². The lowest BCUT2D eigenvalue weighted by molar-refractivity contribution is -0.136. The summed E-state index contributed by atoms with van der Waals surface area (Å²) >= 11 is 0. The van der Waals surface area contributed by atoms with Gasteiger partial charge in [0, 0.05) is 37.7 Å². The fourth-order valence-electron chi connectivity index (χ4n) is 3.12. The van der Waals surface area contributed by atoms with Crippen molar-refractivity contribution in [2.45, 2.75) is 26.2 Å². The number of piperidine rings is 1. The Morgan fingerprint density at radius 2 is 1.74 bits per heavy atom. The number of anilines is 2. The lowest BCUT2D eigenvalue weighted by Crippen LogP contribution is -2.42. The molecule has 0 unspecified atom stereocenters. The van der Waals surface area contributed by atoms with Crippen LogP contribution in [0.4, 0.5) is 11.6 Å². The molecular weight excluding hydrogens is 342 g/mol. The Morgan fingerprint density at radius 3 is 2.37 bits per heavy atom. The van der Waals surface area contributed by atoms with Crippen LogP contribution < -0.4 is 15.5 Å². The molecule has 142 valence electrons. The zero-order valence-electron chi connectivity index (χ0n) is 15.5. The molecule has 1 fully saturated rings. The summed E-state index contributed by atoms with van der Waals surface area (Å²) in [6, 6.07) is 9.31. The van der Waals surface area contributed by atoms with Gasteiger partial charge in [-0.15, -0.1) is 0 Å². The summed E-state index contributed by atoms with van der Waals surface area (Å²) in [5, 5.41) is 5.38. The SMILES string of the molecule is CCc1ccc(NC(=O)C(=O)NCC2CCN(c3ncccn3)CC2)cc1. The Bertz CT molecular complexity index is 756. The third-order valence-electron chi connectivity index (χ3n) is 4.83. The van der Waals surface area contributed by atoms with E-state index >= 15 is 0 Å². The smallest absolute Gasteiger partial charge is 0.313 e. The van der Waals surface area contributed by atoms with E-state index in [0.717, 1.165) is 38.3 Å². The molecule has 0 bridgehead atoms. The number of carbonyl (C=O) groups excluding carboxylic acids is 2. The van der Waals surface area contributed by atoms with E-state index in [-0.39, 0.29) is 0 Å². The molecule has 1 aliphatic heterocycles. The van der Waals surface area contributed by atoms with Crippen LogP contribution in [0.5, 0.6) is 0 Å². The number of amides is 2. The molecule has 0 radical (unpaired) electrons. The van der Waals surface area contributed by atoms with E-state index in [2.05, 4.69) is 32.4 Å². The van der Waals surface area contributed by atoms with Crippen molar-refractivity contribution >= 4 is 23.5 Å². The van der Waals surface area contributed by atoms with Crippen LogP contribution in [0, 0.1) is 5.92 Å². The van der Waals surface area contributed by atoms with E-state index in [9.17, 15) is 9.59 Å². The molecule has 2 amide bonds. The normalized spacial score (nSPS) is 14.6. The average molecular weight is 367 g/mol. The van der Waals surface area contributed by atoms with Crippen molar-refractivity contribution in [2.24, 2.45) is 5.92 Å². The molecule has 2 heterocycles. The zero-order chi connectivity index (χ0) is 19.1. The Balaban J connectivity index is 1.40. The first-order valence-electron chi connectivity index (χ1n) is 9.35. The highest BCUT2D eigenvalue weighted by molar-refractivity contribution is 6.39. The number of rotatable bonds is 5. The van der Waals surface area contributed by atoms with Crippen molar-refractivity contribution < 1.29 is 9.59 Å². The number of aryl methyl sites for hydroxylation is 1. The lowest BCUT2D eigenvalue weighted by Gasteiger charge is -2.31. The summed E-state index contributed by atoms with van der Waals surface area (Å²) in [5.74, 6) is -0.128. The molecule has 27 heavy (non-hydrogen) atoms. The molecule has 0 saturated carbocycles. The van der Waals surface area contributed by atoms with E-state index < -0.39 is 11.8 Å². The van der Waals surface area contributed by atoms with E-state index in [4.69, 9.17) is 0 Å². The van der Waals surface area contributed by atoms with Gasteiger partial charge >= 0.3 is 11.8 Å². The van der Waals surface area contributed by atoms with Crippen molar-refractivity contribution in [3.63, 3.8) is 0 Å². The van der Waals surface area contributed by atoms with Gasteiger partial charge in [0.05, 0.1) is 0 Å². The van der Waals surface area contributed by atoms with Crippen LogP contribution in [-0.4, -0.2) is 41.4 Å². The maximum absolute atomic E-state index is 12.0. The topological polar surface area (TPSA) is 87.2 Å². The van der Waals surface area contributed by atoms with Gasteiger partial charge in [0.2, 0.25) is 5.95 Å². The zero-order valence-corrected chi connectivity index (χ0v) is 15.5. The van der Waals surface area contributed by atoms with Crippen molar-refractivity contribution in [2.75, 3.05) is 29.9 Å². The minimum absolute atomic E-state index is 0.352. The number of carbonyl (C=O) groups is 2. The molecule has 3 rings (SSSR count). The van der Waals surface area contributed by atoms with Crippen LogP contribution in [0.3, 0.4) is 0 Å². The third-order valence-corrected chi connectivity index (χ3v) is 4.83. The summed E-state index contributed by atoms with van der Waals surface area (Å²) < 4.78 is 0. The monoisotopic (exact) mass is 367 g/mol. The van der Waals surface area contributed by atoms with Gasteiger partial charge in [-0.1, -0.05) is 19.1 Å². The molecule has 1 aliphatic rings. The number of aromatic nitrogens is 2. The number of hydrogen-bond donors (Lipinski definition) is 2. The van der Waals surface area contributed by atoms with Crippen LogP contribution >= 0.6 is 0 Å². The predicted molar refractivity (Wildman–Crippen MR) is 104 cm³/mol. The van der Waals surface area contributed by atoms with Crippen molar-refractivity contribution in [3.05, 3.63) is 48.3 Å². The number of benzene rings is 1. The quantitative estimate of drug-likeness (QED) is 0.790. The molecule has 1 aromatic carbocycles. The second-order valence-corrected chi connectivity index (χ2v) is 6.69. The van der Waals surface area contributed by atoms with Crippen LogP contribution in [0.2, 0.25) is 0 Å². The largest absolute Gasteiger partial charge is 0.348 e. The lowest BCUT2D eigenvalue weighted by atomic mass is 9.97. The second kappa shape index (κ2) is 9.12. The first-order chi connectivity index (χ1) is 13.2. The maximum Gasteiger partial charge on any atom is 0.313 e. The van der Waals surface area contributed by atoms with Crippen molar-refractivity contribution in [1.82, 2.24) is 15.3 Å². The second-order valence-electron chi connectivity index (χ2n) is 6.69. The molecular formula is C20H25N5O2. The minimum atomic E-state index is -0.630. The van der Waals surface area contributed by atoms with Gasteiger partial charge in [-0.05, 0) is 48.9 Å². The minimum Gasteiger partial charge on any atom is -0.348 e. The van der Waals surface area contributed by atoms with Gasteiger partial charge in [0.15, 0.2) is 0 Å². The Morgan fingerprint density at radius 1 is 1.07 bits per heavy atom. The molecule has 7 nitrogen and oxygen atoms in total. The first-order valence-corrected chi connectivity index (χ1v) is 9.35. The summed E-state index contributed by atoms with van der Waals surface area (Å²) in [4.78, 5) is 34.8. The Labute approximate surface area is 159 Å². The van der Waals surface area contributed by atoms with Crippen molar-refractivity contribution in [3.8, 4) is 0 Å². The van der Waals surface area contributed by atoms with Gasteiger partial charge in [0.1, 0.15) is 0 Å². The highest BCUT2D eigenvalue weighted by atomic mass is 16.2. The van der Waals surface area contributed by atoms with Gasteiger partial charge in [-0.3, -0.25) is 9.59 Å². The molecule has 2 aromatic rings. The summed E-state index contributed by atoms with van der Waals surface area (Å²) in [5.41, 5.74) is 1.81. The van der Waals surface area contributed by atoms with Crippen molar-refractivity contribution in [1.29, 1.82) is 0 Å².